The van der Waals surface area contributed by atoms with E-state index in [1.165, 1.54) is 23.3 Å². The Morgan fingerprint density at radius 2 is 1.82 bits per heavy atom. The van der Waals surface area contributed by atoms with Gasteiger partial charge in [-0.2, -0.15) is 5.10 Å². The lowest BCUT2D eigenvalue weighted by Gasteiger charge is -2.19. The summed E-state index contributed by atoms with van der Waals surface area (Å²) in [6, 6.07) is 0. The van der Waals surface area contributed by atoms with Gasteiger partial charge >= 0.3 is 13.1 Å². The van der Waals surface area contributed by atoms with Crippen molar-refractivity contribution < 1.29 is 19.6 Å². The van der Waals surface area contributed by atoms with Crippen LogP contribution < -0.4 is 5.46 Å². The zero-order valence-electron chi connectivity index (χ0n) is 12.8. The monoisotopic (exact) mass is 304 g/mol. The molecule has 2 heterocycles. The van der Waals surface area contributed by atoms with E-state index in [0.717, 1.165) is 0 Å². The minimum Gasteiger partial charge on any atom is -0.455 e. The van der Waals surface area contributed by atoms with Crippen LogP contribution in [0, 0.1) is 0 Å². The summed E-state index contributed by atoms with van der Waals surface area (Å²) in [6.07, 6.45) is 4.02. The number of aromatic nitrogens is 4. The smallest absolute Gasteiger partial charge is 0.455 e. The summed E-state index contributed by atoms with van der Waals surface area (Å²) in [6.45, 7) is 5.32. The van der Waals surface area contributed by atoms with Crippen LogP contribution in [0.15, 0.2) is 18.6 Å². The standard InChI is InChI=1S/C13H17BN4O4/c1-13(2,3)22-12(19)10-9(7-17-18(10)4)11-15-5-8(6-16-11)14(20)21/h5-7,20-21H,1-4H3. The third kappa shape index (κ3) is 3.49. The van der Waals surface area contributed by atoms with Crippen LogP contribution in [-0.4, -0.2) is 48.5 Å². The van der Waals surface area contributed by atoms with Crippen molar-refractivity contribution in [1.82, 2.24) is 19.7 Å². The van der Waals surface area contributed by atoms with Gasteiger partial charge in [0.1, 0.15) is 5.60 Å². The van der Waals surface area contributed by atoms with E-state index in [2.05, 4.69) is 15.1 Å². The molecule has 0 saturated heterocycles. The second-order valence-corrected chi connectivity index (χ2v) is 5.75. The minimum atomic E-state index is -1.65. The second-order valence-electron chi connectivity index (χ2n) is 5.75. The second kappa shape index (κ2) is 5.86. The summed E-state index contributed by atoms with van der Waals surface area (Å²) in [4.78, 5) is 20.4. The van der Waals surface area contributed by atoms with Crippen molar-refractivity contribution in [2.75, 3.05) is 0 Å². The molecule has 0 spiro atoms. The molecule has 22 heavy (non-hydrogen) atoms. The molecule has 0 aromatic carbocycles. The Balaban J connectivity index is 2.39. The summed E-state index contributed by atoms with van der Waals surface area (Å²) in [5.74, 6) is -0.282. The normalized spacial score (nSPS) is 11.4. The van der Waals surface area contributed by atoms with Crippen LogP contribution in [0.1, 0.15) is 31.3 Å². The molecule has 0 unspecified atom stereocenters. The molecule has 0 atom stereocenters. The SMILES string of the molecule is Cn1ncc(-c2ncc(B(O)O)cn2)c1C(=O)OC(C)(C)C. The molecular formula is C13H17BN4O4. The van der Waals surface area contributed by atoms with Crippen LogP contribution in [-0.2, 0) is 11.8 Å². The van der Waals surface area contributed by atoms with Crippen LogP contribution in [0.3, 0.4) is 0 Å². The Labute approximate surface area is 127 Å². The average molecular weight is 304 g/mol. The van der Waals surface area contributed by atoms with E-state index in [1.54, 1.807) is 27.8 Å². The lowest BCUT2D eigenvalue weighted by atomic mass is 9.83. The van der Waals surface area contributed by atoms with Crippen molar-refractivity contribution in [1.29, 1.82) is 0 Å². The lowest BCUT2D eigenvalue weighted by molar-refractivity contribution is 0.00584. The molecule has 0 radical (unpaired) electrons. The van der Waals surface area contributed by atoms with E-state index in [1.807, 2.05) is 0 Å². The van der Waals surface area contributed by atoms with Gasteiger partial charge in [0.2, 0.25) is 0 Å². The maximum absolute atomic E-state index is 12.3. The molecule has 2 aromatic rings. The van der Waals surface area contributed by atoms with Crippen LogP contribution in [0.4, 0.5) is 0 Å². The van der Waals surface area contributed by atoms with Crippen LogP contribution in [0.2, 0.25) is 0 Å². The van der Waals surface area contributed by atoms with Gasteiger partial charge < -0.3 is 14.8 Å². The van der Waals surface area contributed by atoms with Gasteiger partial charge in [-0.3, -0.25) is 4.68 Å². The third-order valence-electron chi connectivity index (χ3n) is 2.74. The highest BCUT2D eigenvalue weighted by molar-refractivity contribution is 6.58. The van der Waals surface area contributed by atoms with Crippen molar-refractivity contribution in [2.24, 2.45) is 7.05 Å². The molecule has 2 N–H and O–H groups in total. The predicted molar refractivity (Wildman–Crippen MR) is 79.2 cm³/mol. The number of esters is 1. The highest BCUT2D eigenvalue weighted by Crippen LogP contribution is 2.21. The van der Waals surface area contributed by atoms with Crippen molar-refractivity contribution >= 4 is 18.6 Å². The molecule has 2 rings (SSSR count). The van der Waals surface area contributed by atoms with Gasteiger partial charge in [0.25, 0.3) is 0 Å². The Morgan fingerprint density at radius 3 is 2.32 bits per heavy atom. The first kappa shape index (κ1) is 16.1. The van der Waals surface area contributed by atoms with E-state index < -0.39 is 18.7 Å². The fourth-order valence-electron chi connectivity index (χ4n) is 1.78. The fourth-order valence-corrected chi connectivity index (χ4v) is 1.78. The Bertz CT molecular complexity index is 676. The quantitative estimate of drug-likeness (QED) is 0.581. The maximum atomic E-state index is 12.3. The number of carbonyl (C=O) groups excluding carboxylic acids is 1. The molecule has 116 valence electrons. The number of nitrogens with zero attached hydrogens (tertiary/aromatic N) is 4. The molecule has 0 aliphatic heterocycles. The van der Waals surface area contributed by atoms with Crippen molar-refractivity contribution in [3.63, 3.8) is 0 Å². The number of aryl methyl sites for hydroxylation is 1. The number of hydrogen-bond acceptors (Lipinski definition) is 7. The maximum Gasteiger partial charge on any atom is 0.491 e. The number of hydrogen-bond donors (Lipinski definition) is 2. The first-order valence-corrected chi connectivity index (χ1v) is 6.63. The average Bonchev–Trinajstić information content (AvgIpc) is 2.79. The fraction of sp³-hybridized carbons (Fsp3) is 0.385. The molecule has 0 aliphatic rings. The zero-order chi connectivity index (χ0) is 16.5. The number of ether oxygens (including phenoxy) is 1. The third-order valence-corrected chi connectivity index (χ3v) is 2.74. The van der Waals surface area contributed by atoms with Gasteiger partial charge in [-0.15, -0.1) is 0 Å². The molecule has 0 amide bonds. The van der Waals surface area contributed by atoms with Gasteiger partial charge in [-0.05, 0) is 20.8 Å². The van der Waals surface area contributed by atoms with E-state index in [-0.39, 0.29) is 17.0 Å². The van der Waals surface area contributed by atoms with Crippen molar-refractivity contribution in [2.45, 2.75) is 26.4 Å². The molecule has 0 bridgehead atoms. The van der Waals surface area contributed by atoms with E-state index in [4.69, 9.17) is 14.8 Å². The Morgan fingerprint density at radius 1 is 1.23 bits per heavy atom. The zero-order valence-corrected chi connectivity index (χ0v) is 12.8. The molecule has 8 nitrogen and oxygen atoms in total. The molecule has 2 aromatic heterocycles. The summed E-state index contributed by atoms with van der Waals surface area (Å²) in [5.41, 5.74) is 0.166. The number of carbonyl (C=O) groups is 1. The topological polar surface area (TPSA) is 110 Å². The van der Waals surface area contributed by atoms with Gasteiger partial charge in [0, 0.05) is 24.9 Å². The van der Waals surface area contributed by atoms with E-state index >= 15 is 0 Å². The first-order chi connectivity index (χ1) is 10.2. The van der Waals surface area contributed by atoms with Crippen molar-refractivity contribution in [3.05, 3.63) is 24.3 Å². The summed E-state index contributed by atoms with van der Waals surface area (Å²) >= 11 is 0. The van der Waals surface area contributed by atoms with Crippen LogP contribution in [0.25, 0.3) is 11.4 Å². The Kier molecular flexibility index (Phi) is 4.29. The Hall–Kier alpha value is -2.26. The van der Waals surface area contributed by atoms with E-state index in [9.17, 15) is 4.79 Å². The summed E-state index contributed by atoms with van der Waals surface area (Å²) in [5, 5.41) is 22.1. The minimum absolute atomic E-state index is 0.159. The largest absolute Gasteiger partial charge is 0.491 e. The molecule has 0 saturated carbocycles. The van der Waals surface area contributed by atoms with Gasteiger partial charge in [-0.25, -0.2) is 14.8 Å². The van der Waals surface area contributed by atoms with Gasteiger partial charge in [0.05, 0.1) is 11.8 Å². The molecule has 0 aliphatic carbocycles. The first-order valence-electron chi connectivity index (χ1n) is 6.63. The van der Waals surface area contributed by atoms with Crippen LogP contribution in [0.5, 0.6) is 0 Å². The van der Waals surface area contributed by atoms with E-state index in [0.29, 0.717) is 5.56 Å². The van der Waals surface area contributed by atoms with Gasteiger partial charge in [0.15, 0.2) is 11.5 Å². The molecule has 0 fully saturated rings. The highest BCUT2D eigenvalue weighted by atomic mass is 16.6. The summed E-state index contributed by atoms with van der Waals surface area (Å²) < 4.78 is 6.74. The van der Waals surface area contributed by atoms with Crippen LogP contribution >= 0.6 is 0 Å². The van der Waals surface area contributed by atoms with Crippen molar-refractivity contribution in [3.8, 4) is 11.4 Å². The summed E-state index contributed by atoms with van der Waals surface area (Å²) in [7, 11) is -0.0255. The van der Waals surface area contributed by atoms with Gasteiger partial charge in [-0.1, -0.05) is 0 Å². The molecule has 9 heteroatoms. The molecular weight excluding hydrogens is 287 g/mol. The highest BCUT2D eigenvalue weighted by Gasteiger charge is 2.25. The number of rotatable bonds is 3. The lowest BCUT2D eigenvalue weighted by Crippen LogP contribution is -2.30. The predicted octanol–water partition coefficient (Wildman–Crippen LogP) is -0.488.